The van der Waals surface area contributed by atoms with E-state index in [0.29, 0.717) is 18.8 Å². The van der Waals surface area contributed by atoms with E-state index in [2.05, 4.69) is 4.98 Å². The molecule has 8 heteroatoms. The van der Waals surface area contributed by atoms with Gasteiger partial charge in [0.1, 0.15) is 11.1 Å². The van der Waals surface area contributed by atoms with Gasteiger partial charge in [0.05, 0.1) is 25.3 Å². The number of hydrogen-bond acceptors (Lipinski definition) is 6. The Morgan fingerprint density at radius 3 is 3.09 bits per heavy atom. The molecule has 2 rings (SSSR count). The van der Waals surface area contributed by atoms with Crippen molar-refractivity contribution in [3.63, 3.8) is 0 Å². The number of carbonyl (C=O) groups is 2. The molecular formula is C14H20N2O5S. The smallest absolute Gasteiger partial charge is 0.334 e. The number of aliphatic carboxylic acids is 1. The Bertz CT molecular complexity index is 533. The molecule has 1 aliphatic heterocycles. The minimum absolute atomic E-state index is 0.0838. The van der Waals surface area contributed by atoms with Gasteiger partial charge < -0.3 is 19.5 Å². The zero-order valence-electron chi connectivity index (χ0n) is 12.7. The van der Waals surface area contributed by atoms with Gasteiger partial charge in [-0.15, -0.1) is 11.3 Å². The van der Waals surface area contributed by atoms with Crippen molar-refractivity contribution in [2.24, 2.45) is 0 Å². The standard InChI is InChI=1S/C14H20N2O5S/c1-3-20-9(2)13-15-10(8-22-13)6-12(17)16-4-5-21-11(7-16)14(18)19/h8-9,11H,3-7H2,1-2H3,(H,18,19)/t9-,11-/m1/s1. The van der Waals surface area contributed by atoms with Crippen molar-refractivity contribution in [2.75, 3.05) is 26.3 Å². The summed E-state index contributed by atoms with van der Waals surface area (Å²) in [5.41, 5.74) is 0.690. The lowest BCUT2D eigenvalue weighted by Crippen LogP contribution is -2.49. The summed E-state index contributed by atoms with van der Waals surface area (Å²) in [7, 11) is 0. The van der Waals surface area contributed by atoms with Crippen LogP contribution in [0.25, 0.3) is 0 Å². The number of nitrogens with zero attached hydrogens (tertiary/aromatic N) is 2. The average molecular weight is 328 g/mol. The molecule has 0 aliphatic carbocycles. The number of aromatic nitrogens is 1. The summed E-state index contributed by atoms with van der Waals surface area (Å²) in [5.74, 6) is -1.17. The van der Waals surface area contributed by atoms with Crippen LogP contribution in [-0.2, 0) is 25.5 Å². The first-order valence-electron chi connectivity index (χ1n) is 7.19. The fraction of sp³-hybridized carbons (Fsp3) is 0.643. The predicted molar refractivity (Wildman–Crippen MR) is 79.8 cm³/mol. The normalized spacial score (nSPS) is 19.9. The van der Waals surface area contributed by atoms with E-state index in [-0.39, 0.29) is 31.6 Å². The Balaban J connectivity index is 1.93. The molecule has 2 heterocycles. The molecule has 1 fully saturated rings. The molecule has 7 nitrogen and oxygen atoms in total. The highest BCUT2D eigenvalue weighted by Crippen LogP contribution is 2.21. The summed E-state index contributed by atoms with van der Waals surface area (Å²) < 4.78 is 10.6. The Morgan fingerprint density at radius 1 is 1.64 bits per heavy atom. The molecule has 1 aliphatic rings. The highest BCUT2D eigenvalue weighted by molar-refractivity contribution is 7.09. The maximum Gasteiger partial charge on any atom is 0.334 e. The van der Waals surface area contributed by atoms with E-state index in [4.69, 9.17) is 14.6 Å². The lowest BCUT2D eigenvalue weighted by Gasteiger charge is -2.30. The third-order valence-corrected chi connectivity index (χ3v) is 4.42. The quantitative estimate of drug-likeness (QED) is 0.841. The Hall–Kier alpha value is -1.51. The monoisotopic (exact) mass is 328 g/mol. The highest BCUT2D eigenvalue weighted by atomic mass is 32.1. The number of carboxylic acid groups (broad SMARTS) is 1. The highest BCUT2D eigenvalue weighted by Gasteiger charge is 2.29. The summed E-state index contributed by atoms with van der Waals surface area (Å²) in [4.78, 5) is 29.1. The number of thiazole rings is 1. The second-order valence-electron chi connectivity index (χ2n) is 4.99. The number of rotatable bonds is 6. The summed E-state index contributed by atoms with van der Waals surface area (Å²) in [6.07, 6.45) is -0.859. The fourth-order valence-corrected chi connectivity index (χ4v) is 3.03. The van der Waals surface area contributed by atoms with Crippen molar-refractivity contribution in [1.82, 2.24) is 9.88 Å². The zero-order valence-corrected chi connectivity index (χ0v) is 13.5. The third kappa shape index (κ3) is 4.25. The van der Waals surface area contributed by atoms with E-state index in [1.807, 2.05) is 19.2 Å². The Morgan fingerprint density at radius 2 is 2.41 bits per heavy atom. The van der Waals surface area contributed by atoms with Crippen LogP contribution in [0.5, 0.6) is 0 Å². The van der Waals surface area contributed by atoms with E-state index in [1.165, 1.54) is 16.2 Å². The molecule has 1 saturated heterocycles. The minimum Gasteiger partial charge on any atom is -0.479 e. The number of hydrogen-bond donors (Lipinski definition) is 1. The third-order valence-electron chi connectivity index (χ3n) is 3.36. The van der Waals surface area contributed by atoms with Gasteiger partial charge in [0, 0.05) is 18.5 Å². The Labute approximate surface area is 132 Å². The summed E-state index contributed by atoms with van der Waals surface area (Å²) in [5, 5.41) is 11.6. The zero-order chi connectivity index (χ0) is 16.1. The van der Waals surface area contributed by atoms with Gasteiger partial charge in [0.25, 0.3) is 0 Å². The molecule has 0 aromatic carbocycles. The van der Waals surface area contributed by atoms with Gasteiger partial charge in [-0.3, -0.25) is 4.79 Å². The van der Waals surface area contributed by atoms with Crippen LogP contribution in [0, 0.1) is 0 Å². The van der Waals surface area contributed by atoms with Gasteiger partial charge in [0.2, 0.25) is 5.91 Å². The van der Waals surface area contributed by atoms with Gasteiger partial charge in [0.15, 0.2) is 6.10 Å². The largest absolute Gasteiger partial charge is 0.479 e. The molecule has 0 unspecified atom stereocenters. The summed E-state index contributed by atoms with van der Waals surface area (Å²) >= 11 is 1.47. The minimum atomic E-state index is -1.04. The van der Waals surface area contributed by atoms with E-state index >= 15 is 0 Å². The molecule has 1 aromatic heterocycles. The van der Waals surface area contributed by atoms with Gasteiger partial charge in [-0.05, 0) is 13.8 Å². The molecular weight excluding hydrogens is 308 g/mol. The lowest BCUT2D eigenvalue weighted by atomic mass is 10.2. The first-order valence-corrected chi connectivity index (χ1v) is 8.07. The second kappa shape index (κ2) is 7.66. The molecule has 0 saturated carbocycles. The molecule has 1 aromatic rings. The van der Waals surface area contributed by atoms with Crippen LogP contribution in [0.3, 0.4) is 0 Å². The predicted octanol–water partition coefficient (Wildman–Crippen LogP) is 1.10. The number of carboxylic acids is 1. The molecule has 22 heavy (non-hydrogen) atoms. The van der Waals surface area contributed by atoms with Crippen molar-refractivity contribution in [1.29, 1.82) is 0 Å². The first-order chi connectivity index (χ1) is 10.5. The number of amides is 1. The average Bonchev–Trinajstić information content (AvgIpc) is 2.96. The molecule has 0 radical (unpaired) electrons. The summed E-state index contributed by atoms with van der Waals surface area (Å²) in [6, 6.07) is 0. The van der Waals surface area contributed by atoms with Gasteiger partial charge in [-0.25, -0.2) is 9.78 Å². The number of carbonyl (C=O) groups excluding carboxylic acids is 1. The van der Waals surface area contributed by atoms with Crippen LogP contribution in [0.4, 0.5) is 0 Å². The molecule has 2 atom stereocenters. The van der Waals surface area contributed by atoms with E-state index in [9.17, 15) is 9.59 Å². The van der Waals surface area contributed by atoms with Crippen LogP contribution in [-0.4, -0.2) is 59.3 Å². The fourth-order valence-electron chi connectivity index (χ4n) is 2.20. The van der Waals surface area contributed by atoms with Crippen LogP contribution in [0.1, 0.15) is 30.7 Å². The van der Waals surface area contributed by atoms with E-state index < -0.39 is 12.1 Å². The SMILES string of the molecule is CCO[C@H](C)c1nc(CC(=O)N2CCO[C@@H](C(=O)O)C2)cs1. The molecule has 1 amide bonds. The molecule has 0 spiro atoms. The number of ether oxygens (including phenoxy) is 2. The van der Waals surface area contributed by atoms with Crippen LogP contribution < -0.4 is 0 Å². The van der Waals surface area contributed by atoms with Crippen LogP contribution in [0.2, 0.25) is 0 Å². The second-order valence-corrected chi connectivity index (χ2v) is 5.88. The van der Waals surface area contributed by atoms with E-state index in [1.54, 1.807) is 0 Å². The van der Waals surface area contributed by atoms with Crippen molar-refractivity contribution in [2.45, 2.75) is 32.5 Å². The Kier molecular flexibility index (Phi) is 5.87. The van der Waals surface area contributed by atoms with Crippen molar-refractivity contribution in [3.8, 4) is 0 Å². The van der Waals surface area contributed by atoms with E-state index in [0.717, 1.165) is 5.01 Å². The van der Waals surface area contributed by atoms with Crippen LogP contribution >= 0.6 is 11.3 Å². The van der Waals surface area contributed by atoms with Gasteiger partial charge in [-0.2, -0.15) is 0 Å². The molecule has 122 valence electrons. The van der Waals surface area contributed by atoms with Crippen molar-refractivity contribution in [3.05, 3.63) is 16.1 Å². The first kappa shape index (κ1) is 16.9. The van der Waals surface area contributed by atoms with Gasteiger partial charge in [-0.1, -0.05) is 0 Å². The maximum absolute atomic E-state index is 12.3. The van der Waals surface area contributed by atoms with Crippen LogP contribution in [0.15, 0.2) is 5.38 Å². The summed E-state index contributed by atoms with van der Waals surface area (Å²) in [6.45, 7) is 5.19. The topological polar surface area (TPSA) is 89.0 Å². The maximum atomic E-state index is 12.3. The molecule has 1 N–H and O–H groups in total. The van der Waals surface area contributed by atoms with Crippen molar-refractivity contribution < 1.29 is 24.2 Å². The van der Waals surface area contributed by atoms with Crippen molar-refractivity contribution >= 4 is 23.2 Å². The lowest BCUT2D eigenvalue weighted by molar-refractivity contribution is -0.159. The van der Waals surface area contributed by atoms with Gasteiger partial charge >= 0.3 is 5.97 Å². The number of morpholine rings is 1. The molecule has 0 bridgehead atoms.